The number of unbranched alkanes of at least 4 members (excludes halogenated alkanes) is 2. The van der Waals surface area contributed by atoms with E-state index in [0.29, 0.717) is 13.2 Å². The van der Waals surface area contributed by atoms with Crippen LogP contribution in [0.1, 0.15) is 53.4 Å². The number of ether oxygens (including phenoxy) is 3. The van der Waals surface area contributed by atoms with Crippen LogP contribution in [0.4, 0.5) is 0 Å². The molecule has 0 unspecified atom stereocenters. The highest BCUT2D eigenvalue weighted by Crippen LogP contribution is 1.92. The van der Waals surface area contributed by atoms with Crippen LogP contribution < -0.4 is 0 Å². The van der Waals surface area contributed by atoms with Crippen molar-refractivity contribution in [3.05, 3.63) is 12.2 Å². The van der Waals surface area contributed by atoms with Crippen LogP contribution in [0.2, 0.25) is 0 Å². The summed E-state index contributed by atoms with van der Waals surface area (Å²) >= 11 is 0. The first-order valence-corrected chi connectivity index (χ1v) is 7.71. The summed E-state index contributed by atoms with van der Waals surface area (Å²) in [5.74, 6) is -0.998. The highest BCUT2D eigenvalue weighted by Gasteiger charge is 2.00. The number of rotatable bonds is 10. The van der Waals surface area contributed by atoms with Crippen molar-refractivity contribution < 1.29 is 23.8 Å². The minimum Gasteiger partial charge on any atom is -0.463 e. The van der Waals surface area contributed by atoms with Crippen molar-refractivity contribution in [2.75, 3.05) is 26.4 Å². The molecule has 0 heterocycles. The summed E-state index contributed by atoms with van der Waals surface area (Å²) < 4.78 is 14.5. The van der Waals surface area contributed by atoms with Crippen LogP contribution in [-0.2, 0) is 23.8 Å². The van der Waals surface area contributed by atoms with E-state index in [-0.39, 0.29) is 0 Å². The molecule has 0 fully saturated rings. The third-order valence-electron chi connectivity index (χ3n) is 2.25. The van der Waals surface area contributed by atoms with Crippen LogP contribution in [-0.4, -0.2) is 38.4 Å². The van der Waals surface area contributed by atoms with Gasteiger partial charge >= 0.3 is 11.9 Å². The van der Waals surface area contributed by atoms with Crippen molar-refractivity contribution in [1.82, 2.24) is 0 Å². The van der Waals surface area contributed by atoms with Crippen LogP contribution >= 0.6 is 0 Å². The van der Waals surface area contributed by atoms with Crippen molar-refractivity contribution in [3.63, 3.8) is 0 Å². The average Bonchev–Trinajstić information content (AvgIpc) is 2.47. The lowest BCUT2D eigenvalue weighted by Crippen LogP contribution is -2.05. The normalized spacial score (nSPS) is 9.90. The summed E-state index contributed by atoms with van der Waals surface area (Å²) in [7, 11) is 0. The second-order valence-electron chi connectivity index (χ2n) is 4.16. The number of carbonyl (C=O) groups is 2. The van der Waals surface area contributed by atoms with Gasteiger partial charge in [0.1, 0.15) is 0 Å². The molecular formula is C16H30O5. The Kier molecular flexibility index (Phi) is 19.5. The Morgan fingerprint density at radius 3 is 1.38 bits per heavy atom. The molecular weight excluding hydrogens is 272 g/mol. The summed E-state index contributed by atoms with van der Waals surface area (Å²) in [5, 5.41) is 0. The summed E-state index contributed by atoms with van der Waals surface area (Å²) in [4.78, 5) is 22.1. The maximum Gasteiger partial charge on any atom is 0.331 e. The Balaban J connectivity index is 0. The first kappa shape index (κ1) is 21.9. The lowest BCUT2D eigenvalue weighted by Gasteiger charge is -2.00. The molecule has 21 heavy (non-hydrogen) atoms. The molecule has 0 N–H and O–H groups in total. The molecule has 0 radical (unpaired) electrons. The molecule has 0 aromatic heterocycles. The second kappa shape index (κ2) is 18.6. The molecule has 0 rings (SSSR count). The fourth-order valence-corrected chi connectivity index (χ4v) is 1.07. The maximum atomic E-state index is 11.0. The number of hydrogen-bond acceptors (Lipinski definition) is 5. The summed E-state index contributed by atoms with van der Waals surface area (Å²) in [6.45, 7) is 10.5. The Hall–Kier alpha value is -1.36. The first-order chi connectivity index (χ1) is 10.1. The second-order valence-corrected chi connectivity index (χ2v) is 4.16. The largest absolute Gasteiger partial charge is 0.463 e. The molecule has 0 saturated heterocycles. The van der Waals surface area contributed by atoms with Gasteiger partial charge in [-0.15, -0.1) is 0 Å². The van der Waals surface area contributed by atoms with Crippen molar-refractivity contribution in [2.24, 2.45) is 0 Å². The monoisotopic (exact) mass is 302 g/mol. The third-order valence-corrected chi connectivity index (χ3v) is 2.25. The van der Waals surface area contributed by atoms with Crippen molar-refractivity contribution in [1.29, 1.82) is 0 Å². The van der Waals surface area contributed by atoms with Crippen LogP contribution in [0.5, 0.6) is 0 Å². The molecule has 0 aliphatic rings. The van der Waals surface area contributed by atoms with Crippen molar-refractivity contribution >= 4 is 11.9 Å². The predicted molar refractivity (Wildman–Crippen MR) is 83.0 cm³/mol. The van der Waals surface area contributed by atoms with E-state index in [1.165, 1.54) is 0 Å². The SMILES string of the molecule is CCCCOC(=O)/C=C\C(=O)OCCCC.CCOCC. The van der Waals surface area contributed by atoms with Crippen LogP contribution in [0.3, 0.4) is 0 Å². The zero-order valence-electron chi connectivity index (χ0n) is 13.9. The van der Waals surface area contributed by atoms with Gasteiger partial charge in [0.25, 0.3) is 0 Å². The quantitative estimate of drug-likeness (QED) is 0.352. The van der Waals surface area contributed by atoms with Gasteiger partial charge < -0.3 is 14.2 Å². The van der Waals surface area contributed by atoms with E-state index in [4.69, 9.17) is 14.2 Å². The summed E-state index contributed by atoms with van der Waals surface area (Å²) in [5.41, 5.74) is 0. The maximum absolute atomic E-state index is 11.0. The molecule has 0 spiro atoms. The smallest absolute Gasteiger partial charge is 0.331 e. The van der Waals surface area contributed by atoms with E-state index < -0.39 is 11.9 Å². The Morgan fingerprint density at radius 2 is 1.14 bits per heavy atom. The molecule has 5 nitrogen and oxygen atoms in total. The zero-order chi connectivity index (χ0) is 16.3. The Labute approximate surface area is 128 Å². The van der Waals surface area contributed by atoms with Crippen molar-refractivity contribution in [2.45, 2.75) is 53.4 Å². The third kappa shape index (κ3) is 21.1. The lowest BCUT2D eigenvalue weighted by molar-refractivity contribution is -0.140. The van der Waals surface area contributed by atoms with Gasteiger partial charge in [0.15, 0.2) is 0 Å². The van der Waals surface area contributed by atoms with Crippen molar-refractivity contribution in [3.8, 4) is 0 Å². The summed E-state index contributed by atoms with van der Waals surface area (Å²) in [6.07, 6.45) is 5.81. The molecule has 0 saturated carbocycles. The molecule has 0 atom stereocenters. The topological polar surface area (TPSA) is 61.8 Å². The number of hydrogen-bond donors (Lipinski definition) is 0. The van der Waals surface area contributed by atoms with Gasteiger partial charge in [0.05, 0.1) is 13.2 Å². The minimum atomic E-state index is -0.499. The van der Waals surface area contributed by atoms with E-state index in [2.05, 4.69) is 0 Å². The van der Waals surface area contributed by atoms with Gasteiger partial charge in [-0.3, -0.25) is 0 Å². The molecule has 5 heteroatoms. The molecule has 124 valence electrons. The first-order valence-electron chi connectivity index (χ1n) is 7.71. The van der Waals surface area contributed by atoms with E-state index in [1.54, 1.807) is 0 Å². The Morgan fingerprint density at radius 1 is 0.762 bits per heavy atom. The van der Waals surface area contributed by atoms with E-state index in [0.717, 1.165) is 51.0 Å². The van der Waals surface area contributed by atoms with Crippen LogP contribution in [0.15, 0.2) is 12.2 Å². The molecule has 0 amide bonds. The fourth-order valence-electron chi connectivity index (χ4n) is 1.07. The van der Waals surface area contributed by atoms with Crippen LogP contribution in [0, 0.1) is 0 Å². The average molecular weight is 302 g/mol. The highest BCUT2D eigenvalue weighted by molar-refractivity contribution is 5.91. The van der Waals surface area contributed by atoms with Gasteiger partial charge in [0.2, 0.25) is 0 Å². The van der Waals surface area contributed by atoms with E-state index in [9.17, 15) is 9.59 Å². The standard InChI is InChI=1S/C12H20O4.C4H10O/c1-3-5-9-15-11(13)7-8-12(14)16-10-6-4-2;1-3-5-4-2/h7-8H,3-6,9-10H2,1-2H3;3-4H2,1-2H3/b8-7-;. The molecule has 0 bridgehead atoms. The van der Waals surface area contributed by atoms with E-state index >= 15 is 0 Å². The molecule has 0 aliphatic heterocycles. The summed E-state index contributed by atoms with van der Waals surface area (Å²) in [6, 6.07) is 0. The van der Waals surface area contributed by atoms with Gasteiger partial charge in [-0.05, 0) is 26.7 Å². The zero-order valence-corrected chi connectivity index (χ0v) is 13.9. The minimum absolute atomic E-state index is 0.393. The van der Waals surface area contributed by atoms with Gasteiger partial charge in [-0.1, -0.05) is 26.7 Å². The Bertz CT molecular complexity index is 248. The molecule has 0 aliphatic carbocycles. The number of carbonyl (C=O) groups excluding carboxylic acids is 2. The fraction of sp³-hybridized carbons (Fsp3) is 0.750. The molecule has 0 aromatic carbocycles. The van der Waals surface area contributed by atoms with Gasteiger partial charge in [-0.2, -0.15) is 0 Å². The van der Waals surface area contributed by atoms with Gasteiger partial charge in [-0.25, -0.2) is 9.59 Å². The van der Waals surface area contributed by atoms with Gasteiger partial charge in [0, 0.05) is 25.4 Å². The molecule has 0 aromatic rings. The van der Waals surface area contributed by atoms with E-state index in [1.807, 2.05) is 27.7 Å². The number of esters is 2. The highest BCUT2D eigenvalue weighted by atomic mass is 16.5. The van der Waals surface area contributed by atoms with Crippen LogP contribution in [0.25, 0.3) is 0 Å². The lowest BCUT2D eigenvalue weighted by atomic mass is 10.4. The predicted octanol–water partition coefficient (Wildman–Crippen LogP) is 3.27.